The minimum absolute atomic E-state index is 0.559. The van der Waals surface area contributed by atoms with Gasteiger partial charge in [0, 0.05) is 0 Å². The zero-order chi connectivity index (χ0) is 12.2. The molecule has 1 aliphatic rings. The molecule has 1 aliphatic carbocycles. The van der Waals surface area contributed by atoms with Crippen LogP contribution >= 0.6 is 0 Å². The second kappa shape index (κ2) is 5.67. The van der Waals surface area contributed by atoms with E-state index < -0.39 is 5.60 Å². The molecule has 0 aromatic rings. The third-order valence-electron chi connectivity index (χ3n) is 3.59. The largest absolute Gasteiger partial charge is 0.386 e. The molecule has 0 fully saturated rings. The fourth-order valence-electron chi connectivity index (χ4n) is 2.29. The van der Waals surface area contributed by atoms with Crippen LogP contribution in [0.4, 0.5) is 0 Å². The van der Waals surface area contributed by atoms with Crippen molar-refractivity contribution in [2.24, 2.45) is 11.8 Å². The Hall–Kier alpha value is -0.560. The van der Waals surface area contributed by atoms with Gasteiger partial charge in [-0.3, -0.25) is 0 Å². The van der Waals surface area contributed by atoms with Crippen LogP contribution in [0.2, 0.25) is 0 Å². The molecule has 1 nitrogen and oxygen atoms in total. The van der Waals surface area contributed by atoms with E-state index in [1.165, 1.54) is 18.4 Å². The van der Waals surface area contributed by atoms with Crippen LogP contribution in [0.1, 0.15) is 53.4 Å². The van der Waals surface area contributed by atoms with E-state index in [9.17, 15) is 5.11 Å². The first kappa shape index (κ1) is 13.5. The van der Waals surface area contributed by atoms with Gasteiger partial charge < -0.3 is 5.11 Å². The summed E-state index contributed by atoms with van der Waals surface area (Å²) in [7, 11) is 0. The Balaban J connectivity index is 2.39. The Labute approximate surface area is 100 Å². The lowest BCUT2D eigenvalue weighted by molar-refractivity contribution is 0.0833. The Kier molecular flexibility index (Phi) is 4.79. The summed E-state index contributed by atoms with van der Waals surface area (Å²) in [4.78, 5) is 0. The quantitative estimate of drug-likeness (QED) is 0.710. The second-order valence-electron chi connectivity index (χ2n) is 5.75. The minimum Gasteiger partial charge on any atom is -0.386 e. The fourth-order valence-corrected chi connectivity index (χ4v) is 2.29. The van der Waals surface area contributed by atoms with Crippen molar-refractivity contribution in [1.82, 2.24) is 0 Å². The summed E-state index contributed by atoms with van der Waals surface area (Å²) >= 11 is 0. The van der Waals surface area contributed by atoms with E-state index in [0.29, 0.717) is 5.92 Å². The molecule has 0 amide bonds. The molecular weight excluding hydrogens is 196 g/mol. The maximum atomic E-state index is 9.83. The molecule has 1 rings (SSSR count). The molecule has 0 spiro atoms. The van der Waals surface area contributed by atoms with Crippen LogP contribution in [0.15, 0.2) is 23.8 Å². The molecule has 0 bridgehead atoms. The molecule has 0 radical (unpaired) electrons. The topological polar surface area (TPSA) is 20.2 Å². The second-order valence-corrected chi connectivity index (χ2v) is 5.75. The summed E-state index contributed by atoms with van der Waals surface area (Å²) in [6.07, 6.45) is 11.0. The summed E-state index contributed by atoms with van der Waals surface area (Å²) in [5, 5.41) is 9.83. The van der Waals surface area contributed by atoms with Gasteiger partial charge in [-0.25, -0.2) is 0 Å². The van der Waals surface area contributed by atoms with Crippen LogP contribution in [0.3, 0.4) is 0 Å². The standard InChI is InChI=1S/C15H26O/c1-12(2)6-5-7-13(3)14-8-10-15(4,16)11-9-14/h6,8,10,13-14,16H,5,7,9,11H2,1-4H3/t13-,14+,15+/m1/s1. The van der Waals surface area contributed by atoms with Gasteiger partial charge in [0.05, 0.1) is 5.60 Å². The van der Waals surface area contributed by atoms with E-state index in [0.717, 1.165) is 18.8 Å². The molecule has 0 saturated carbocycles. The van der Waals surface area contributed by atoms with E-state index in [1.54, 1.807) is 0 Å². The van der Waals surface area contributed by atoms with Crippen molar-refractivity contribution in [3.63, 3.8) is 0 Å². The first-order valence-corrected chi connectivity index (χ1v) is 6.46. The van der Waals surface area contributed by atoms with Crippen molar-refractivity contribution < 1.29 is 5.11 Å². The van der Waals surface area contributed by atoms with Crippen LogP contribution in [-0.4, -0.2) is 10.7 Å². The molecule has 0 saturated heterocycles. The van der Waals surface area contributed by atoms with Crippen molar-refractivity contribution in [3.05, 3.63) is 23.8 Å². The highest BCUT2D eigenvalue weighted by Crippen LogP contribution is 2.31. The van der Waals surface area contributed by atoms with Crippen molar-refractivity contribution in [1.29, 1.82) is 0 Å². The SMILES string of the molecule is CC(C)=CCC[C@@H](C)[C@H]1C=C[C@](C)(O)CC1. The highest BCUT2D eigenvalue weighted by molar-refractivity contribution is 5.06. The molecule has 0 unspecified atom stereocenters. The van der Waals surface area contributed by atoms with Crippen molar-refractivity contribution in [2.75, 3.05) is 0 Å². The molecule has 1 heteroatoms. The van der Waals surface area contributed by atoms with Gasteiger partial charge in [0.25, 0.3) is 0 Å². The number of aliphatic hydroxyl groups is 1. The maximum absolute atomic E-state index is 9.83. The first-order chi connectivity index (χ1) is 7.41. The lowest BCUT2D eigenvalue weighted by Gasteiger charge is -2.30. The summed E-state index contributed by atoms with van der Waals surface area (Å²) < 4.78 is 0. The van der Waals surface area contributed by atoms with Crippen molar-refractivity contribution in [2.45, 2.75) is 59.0 Å². The molecule has 0 aromatic carbocycles. The predicted octanol–water partition coefficient (Wildman–Crippen LogP) is 4.09. The van der Waals surface area contributed by atoms with Gasteiger partial charge in [0.15, 0.2) is 0 Å². The monoisotopic (exact) mass is 222 g/mol. The summed E-state index contributed by atoms with van der Waals surface area (Å²) in [6.45, 7) is 8.53. The van der Waals surface area contributed by atoms with Crippen LogP contribution < -0.4 is 0 Å². The summed E-state index contributed by atoms with van der Waals surface area (Å²) in [5.74, 6) is 1.38. The Morgan fingerprint density at radius 3 is 2.75 bits per heavy atom. The van der Waals surface area contributed by atoms with Gasteiger partial charge in [-0.15, -0.1) is 0 Å². The van der Waals surface area contributed by atoms with Gasteiger partial charge in [-0.2, -0.15) is 0 Å². The average Bonchev–Trinajstić information content (AvgIpc) is 2.16. The smallest absolute Gasteiger partial charge is 0.0800 e. The zero-order valence-corrected chi connectivity index (χ0v) is 11.2. The zero-order valence-electron chi connectivity index (χ0n) is 11.2. The van der Waals surface area contributed by atoms with Crippen LogP contribution in [0, 0.1) is 11.8 Å². The van der Waals surface area contributed by atoms with Gasteiger partial charge in [0.1, 0.15) is 0 Å². The minimum atomic E-state index is -0.559. The Morgan fingerprint density at radius 1 is 1.56 bits per heavy atom. The van der Waals surface area contributed by atoms with E-state index in [2.05, 4.69) is 32.9 Å². The van der Waals surface area contributed by atoms with Gasteiger partial charge >= 0.3 is 0 Å². The molecule has 1 N–H and O–H groups in total. The van der Waals surface area contributed by atoms with Crippen LogP contribution in [0.5, 0.6) is 0 Å². The van der Waals surface area contributed by atoms with Gasteiger partial charge in [-0.05, 0) is 58.3 Å². The summed E-state index contributed by atoms with van der Waals surface area (Å²) in [5.41, 5.74) is 0.852. The van der Waals surface area contributed by atoms with Crippen LogP contribution in [-0.2, 0) is 0 Å². The number of hydrogen-bond acceptors (Lipinski definition) is 1. The van der Waals surface area contributed by atoms with Gasteiger partial charge in [-0.1, -0.05) is 30.7 Å². The fraction of sp³-hybridized carbons (Fsp3) is 0.733. The van der Waals surface area contributed by atoms with Crippen molar-refractivity contribution >= 4 is 0 Å². The Morgan fingerprint density at radius 2 is 2.25 bits per heavy atom. The third-order valence-corrected chi connectivity index (χ3v) is 3.59. The third kappa shape index (κ3) is 4.52. The number of hydrogen-bond donors (Lipinski definition) is 1. The van der Waals surface area contributed by atoms with E-state index in [-0.39, 0.29) is 0 Å². The maximum Gasteiger partial charge on any atom is 0.0800 e. The molecule has 0 aromatic heterocycles. The van der Waals surface area contributed by atoms with Gasteiger partial charge in [0.2, 0.25) is 0 Å². The lowest BCUT2D eigenvalue weighted by atomic mass is 9.79. The lowest BCUT2D eigenvalue weighted by Crippen LogP contribution is -2.27. The molecule has 16 heavy (non-hydrogen) atoms. The molecule has 3 atom stereocenters. The summed E-state index contributed by atoms with van der Waals surface area (Å²) in [6, 6.07) is 0. The highest BCUT2D eigenvalue weighted by atomic mass is 16.3. The van der Waals surface area contributed by atoms with E-state index in [1.807, 2.05) is 13.0 Å². The number of rotatable bonds is 4. The molecule has 0 aliphatic heterocycles. The van der Waals surface area contributed by atoms with Crippen molar-refractivity contribution in [3.8, 4) is 0 Å². The molecular formula is C15H26O. The predicted molar refractivity (Wildman–Crippen MR) is 70.3 cm³/mol. The van der Waals surface area contributed by atoms with Crippen LogP contribution in [0.25, 0.3) is 0 Å². The van der Waals surface area contributed by atoms with E-state index in [4.69, 9.17) is 0 Å². The average molecular weight is 222 g/mol. The first-order valence-electron chi connectivity index (χ1n) is 6.46. The van der Waals surface area contributed by atoms with E-state index >= 15 is 0 Å². The number of allylic oxidation sites excluding steroid dienone is 3. The normalized spacial score (nSPS) is 31.2. The highest BCUT2D eigenvalue weighted by Gasteiger charge is 2.25. The Bertz CT molecular complexity index is 269. The molecule has 92 valence electrons. The molecule has 0 heterocycles.